The highest BCUT2D eigenvalue weighted by atomic mass is 16.1. The summed E-state index contributed by atoms with van der Waals surface area (Å²) in [5, 5.41) is 0. The molecule has 0 radical (unpaired) electrons. The number of carbonyl (C=O) groups is 1. The molecule has 0 unspecified atom stereocenters. The second kappa shape index (κ2) is 6.11. The number of carbonyl (C=O) groups excluding carboxylic acids is 1. The van der Waals surface area contributed by atoms with Crippen LogP contribution in [0.1, 0.15) is 16.7 Å². The van der Waals surface area contributed by atoms with Crippen LogP contribution >= 0.6 is 0 Å². The predicted molar refractivity (Wildman–Crippen MR) is 75.4 cm³/mol. The maximum atomic E-state index is 12.1. The van der Waals surface area contributed by atoms with Crippen LogP contribution < -0.4 is 11.5 Å². The zero-order valence-electron chi connectivity index (χ0n) is 10.7. The lowest BCUT2D eigenvalue weighted by molar-refractivity contribution is -0.117. The number of benzene rings is 1. The largest absolute Gasteiger partial charge is 0.383 e. The zero-order chi connectivity index (χ0) is 13.7. The van der Waals surface area contributed by atoms with Gasteiger partial charge < -0.3 is 11.5 Å². The Morgan fingerprint density at radius 2 is 1.63 bits per heavy atom. The van der Waals surface area contributed by atoms with E-state index in [1.807, 2.05) is 30.3 Å². The van der Waals surface area contributed by atoms with Gasteiger partial charge in [0, 0.05) is 31.1 Å². The molecule has 1 aromatic heterocycles. The Morgan fingerprint density at radius 1 is 1.00 bits per heavy atom. The van der Waals surface area contributed by atoms with E-state index in [4.69, 9.17) is 11.5 Å². The van der Waals surface area contributed by atoms with Gasteiger partial charge >= 0.3 is 0 Å². The molecular weight excluding hydrogens is 238 g/mol. The number of nitrogens with two attached hydrogens (primary N) is 2. The number of nitrogen functional groups attached to an aromatic ring is 1. The Morgan fingerprint density at radius 3 is 2.32 bits per heavy atom. The molecule has 98 valence electrons. The van der Waals surface area contributed by atoms with Crippen molar-refractivity contribution in [3.05, 3.63) is 59.3 Å². The Balaban J connectivity index is 2.08. The number of aromatic nitrogens is 1. The fourth-order valence-corrected chi connectivity index (χ4v) is 2.02. The topological polar surface area (TPSA) is 82.0 Å². The van der Waals surface area contributed by atoms with Crippen LogP contribution in [-0.4, -0.2) is 10.8 Å². The third-order valence-corrected chi connectivity index (χ3v) is 3.04. The normalized spacial score (nSPS) is 10.4. The van der Waals surface area contributed by atoms with Gasteiger partial charge in [-0.2, -0.15) is 0 Å². The minimum Gasteiger partial charge on any atom is -0.383 e. The van der Waals surface area contributed by atoms with Crippen molar-refractivity contribution in [3.63, 3.8) is 0 Å². The number of Topliss-reactive ketones (excluding diaryl/α,β-unsaturated/α-hetero) is 1. The third-order valence-electron chi connectivity index (χ3n) is 3.04. The molecule has 1 aromatic carbocycles. The van der Waals surface area contributed by atoms with Crippen molar-refractivity contribution in [2.45, 2.75) is 19.4 Å². The average Bonchev–Trinajstić information content (AvgIpc) is 2.42. The van der Waals surface area contributed by atoms with Gasteiger partial charge in [-0.05, 0) is 17.2 Å². The fourth-order valence-electron chi connectivity index (χ4n) is 2.02. The van der Waals surface area contributed by atoms with Crippen molar-refractivity contribution in [1.82, 2.24) is 4.98 Å². The first-order valence-corrected chi connectivity index (χ1v) is 6.18. The molecule has 0 saturated carbocycles. The van der Waals surface area contributed by atoms with Crippen LogP contribution in [0.15, 0.2) is 42.6 Å². The van der Waals surface area contributed by atoms with Gasteiger partial charge in [0.2, 0.25) is 0 Å². The van der Waals surface area contributed by atoms with E-state index in [0.29, 0.717) is 25.2 Å². The molecule has 0 fully saturated rings. The molecular formula is C15H17N3O. The Bertz CT molecular complexity index is 581. The number of rotatable bonds is 5. The van der Waals surface area contributed by atoms with E-state index >= 15 is 0 Å². The Labute approximate surface area is 112 Å². The van der Waals surface area contributed by atoms with Gasteiger partial charge in [-0.25, -0.2) is 4.98 Å². The zero-order valence-corrected chi connectivity index (χ0v) is 10.7. The van der Waals surface area contributed by atoms with Crippen molar-refractivity contribution < 1.29 is 4.79 Å². The molecule has 0 saturated heterocycles. The summed E-state index contributed by atoms with van der Waals surface area (Å²) in [6.45, 7) is 0.443. The van der Waals surface area contributed by atoms with Crippen molar-refractivity contribution >= 4 is 11.6 Å². The summed E-state index contributed by atoms with van der Waals surface area (Å²) < 4.78 is 0. The third kappa shape index (κ3) is 3.39. The average molecular weight is 255 g/mol. The van der Waals surface area contributed by atoms with E-state index in [-0.39, 0.29) is 5.78 Å². The van der Waals surface area contributed by atoms with Crippen LogP contribution in [-0.2, 0) is 24.2 Å². The molecule has 4 N–H and O–H groups in total. The SMILES string of the molecule is NCc1ccccc1CC(=O)Cc1cccnc1N. The van der Waals surface area contributed by atoms with Crippen LogP contribution in [0.25, 0.3) is 0 Å². The maximum Gasteiger partial charge on any atom is 0.141 e. The minimum absolute atomic E-state index is 0.112. The van der Waals surface area contributed by atoms with Gasteiger partial charge in [0.15, 0.2) is 0 Å². The van der Waals surface area contributed by atoms with E-state index in [9.17, 15) is 4.79 Å². The molecule has 0 aliphatic rings. The summed E-state index contributed by atoms with van der Waals surface area (Å²) in [5.74, 6) is 0.531. The highest BCUT2D eigenvalue weighted by Gasteiger charge is 2.10. The number of hydrogen-bond donors (Lipinski definition) is 2. The van der Waals surface area contributed by atoms with Crippen LogP contribution in [0.3, 0.4) is 0 Å². The molecule has 0 atom stereocenters. The second-order valence-electron chi connectivity index (χ2n) is 4.41. The summed E-state index contributed by atoms with van der Waals surface area (Å²) in [4.78, 5) is 16.1. The lowest BCUT2D eigenvalue weighted by Crippen LogP contribution is -2.11. The summed E-state index contributed by atoms with van der Waals surface area (Å²) in [7, 11) is 0. The van der Waals surface area contributed by atoms with Gasteiger partial charge in [0.05, 0.1) is 0 Å². The molecule has 0 aliphatic carbocycles. The summed E-state index contributed by atoms with van der Waals surface area (Å²) in [6.07, 6.45) is 2.30. The number of pyridine rings is 1. The van der Waals surface area contributed by atoms with E-state index in [0.717, 1.165) is 16.7 Å². The highest BCUT2D eigenvalue weighted by molar-refractivity contribution is 5.84. The number of nitrogens with zero attached hydrogens (tertiary/aromatic N) is 1. The van der Waals surface area contributed by atoms with Gasteiger partial charge in [-0.15, -0.1) is 0 Å². The van der Waals surface area contributed by atoms with Crippen molar-refractivity contribution in [2.75, 3.05) is 5.73 Å². The standard InChI is InChI=1S/C15H17N3O/c16-10-13-5-2-1-4-11(13)8-14(19)9-12-6-3-7-18-15(12)17/h1-7H,8-10,16H2,(H2,17,18). The van der Waals surface area contributed by atoms with Crippen LogP contribution in [0.5, 0.6) is 0 Å². The molecule has 1 heterocycles. The molecule has 19 heavy (non-hydrogen) atoms. The molecule has 0 amide bonds. The van der Waals surface area contributed by atoms with Crippen molar-refractivity contribution in [1.29, 1.82) is 0 Å². The number of anilines is 1. The number of ketones is 1. The molecule has 4 nitrogen and oxygen atoms in total. The monoisotopic (exact) mass is 255 g/mol. The van der Waals surface area contributed by atoms with Crippen molar-refractivity contribution in [2.24, 2.45) is 5.73 Å². The lowest BCUT2D eigenvalue weighted by atomic mass is 9.99. The Kier molecular flexibility index (Phi) is 4.26. The fraction of sp³-hybridized carbons (Fsp3) is 0.200. The van der Waals surface area contributed by atoms with E-state index in [1.54, 1.807) is 12.3 Å². The highest BCUT2D eigenvalue weighted by Crippen LogP contribution is 2.13. The molecule has 4 heteroatoms. The van der Waals surface area contributed by atoms with E-state index < -0.39 is 0 Å². The van der Waals surface area contributed by atoms with Crippen LogP contribution in [0.2, 0.25) is 0 Å². The van der Waals surface area contributed by atoms with Gasteiger partial charge in [0.1, 0.15) is 11.6 Å². The van der Waals surface area contributed by atoms with Gasteiger partial charge in [0.25, 0.3) is 0 Å². The first kappa shape index (κ1) is 13.2. The lowest BCUT2D eigenvalue weighted by Gasteiger charge is -2.07. The summed E-state index contributed by atoms with van der Waals surface area (Å²) in [6, 6.07) is 11.3. The quantitative estimate of drug-likeness (QED) is 0.847. The van der Waals surface area contributed by atoms with Crippen LogP contribution in [0.4, 0.5) is 5.82 Å². The minimum atomic E-state index is 0.112. The molecule has 2 aromatic rings. The van der Waals surface area contributed by atoms with Gasteiger partial charge in [-0.3, -0.25) is 4.79 Å². The summed E-state index contributed by atoms with van der Waals surface area (Å²) in [5.41, 5.74) is 14.2. The van der Waals surface area contributed by atoms with Crippen molar-refractivity contribution in [3.8, 4) is 0 Å². The maximum absolute atomic E-state index is 12.1. The second-order valence-corrected chi connectivity index (χ2v) is 4.41. The van der Waals surface area contributed by atoms with Crippen LogP contribution in [0, 0.1) is 0 Å². The first-order chi connectivity index (χ1) is 9.20. The number of hydrogen-bond acceptors (Lipinski definition) is 4. The van der Waals surface area contributed by atoms with E-state index in [2.05, 4.69) is 4.98 Å². The molecule has 0 spiro atoms. The summed E-state index contributed by atoms with van der Waals surface area (Å²) >= 11 is 0. The smallest absolute Gasteiger partial charge is 0.141 e. The van der Waals surface area contributed by atoms with Gasteiger partial charge in [-0.1, -0.05) is 30.3 Å². The Hall–Kier alpha value is -2.20. The molecule has 0 bridgehead atoms. The van der Waals surface area contributed by atoms with E-state index in [1.165, 1.54) is 0 Å². The predicted octanol–water partition coefficient (Wildman–Crippen LogP) is 1.48. The molecule has 0 aliphatic heterocycles. The molecule has 2 rings (SSSR count). The first-order valence-electron chi connectivity index (χ1n) is 6.18.